The summed E-state index contributed by atoms with van der Waals surface area (Å²) in [5.41, 5.74) is 0.853. The summed E-state index contributed by atoms with van der Waals surface area (Å²) in [4.78, 5) is 10.7. The maximum absolute atomic E-state index is 12.1. The number of hydrogen-bond acceptors (Lipinski definition) is 4. The van der Waals surface area contributed by atoms with Crippen LogP contribution in [0.15, 0.2) is 47.4 Å². The number of anilines is 1. The quantitative estimate of drug-likeness (QED) is 0.803. The molecule has 0 atom stereocenters. The van der Waals surface area contributed by atoms with Crippen molar-refractivity contribution in [1.29, 1.82) is 0 Å². The van der Waals surface area contributed by atoms with Crippen molar-refractivity contribution in [3.63, 3.8) is 0 Å². The van der Waals surface area contributed by atoms with E-state index in [2.05, 4.69) is 4.72 Å². The standard InChI is InChI=1S/C14H13NO5S/c1-9-2-5-11(8-13(9)16)15-21(19,20)12-6-3-10(4-7-12)14(17)18/h2-8,15-16H,1H3,(H,17,18). The summed E-state index contributed by atoms with van der Waals surface area (Å²) in [6, 6.07) is 9.25. The smallest absolute Gasteiger partial charge is 0.335 e. The molecular weight excluding hydrogens is 294 g/mol. The molecule has 0 saturated carbocycles. The Labute approximate surface area is 121 Å². The number of phenolic OH excluding ortho intramolecular Hbond substituents is 1. The maximum atomic E-state index is 12.1. The number of carboxylic acid groups (broad SMARTS) is 1. The highest BCUT2D eigenvalue weighted by atomic mass is 32.2. The lowest BCUT2D eigenvalue weighted by molar-refractivity contribution is 0.0696. The van der Waals surface area contributed by atoms with Gasteiger partial charge in [0.15, 0.2) is 0 Å². The largest absolute Gasteiger partial charge is 0.508 e. The van der Waals surface area contributed by atoms with Crippen molar-refractivity contribution in [2.75, 3.05) is 4.72 Å². The Morgan fingerprint density at radius 1 is 1.10 bits per heavy atom. The Kier molecular flexibility index (Phi) is 3.86. The van der Waals surface area contributed by atoms with Crippen LogP contribution in [0.3, 0.4) is 0 Å². The molecule has 110 valence electrons. The molecule has 0 aliphatic heterocycles. The summed E-state index contributed by atoms with van der Waals surface area (Å²) in [7, 11) is -3.84. The van der Waals surface area contributed by atoms with Gasteiger partial charge in [-0.15, -0.1) is 0 Å². The molecule has 0 aliphatic rings. The molecule has 0 aromatic heterocycles. The van der Waals surface area contributed by atoms with Crippen LogP contribution in [0.2, 0.25) is 0 Å². The average molecular weight is 307 g/mol. The Bertz CT molecular complexity index is 782. The number of sulfonamides is 1. The van der Waals surface area contributed by atoms with Gasteiger partial charge in [0.2, 0.25) is 0 Å². The zero-order valence-corrected chi connectivity index (χ0v) is 11.9. The molecule has 0 heterocycles. The third-order valence-electron chi connectivity index (χ3n) is 2.87. The van der Waals surface area contributed by atoms with Crippen LogP contribution in [0.4, 0.5) is 5.69 Å². The average Bonchev–Trinajstić information content (AvgIpc) is 2.43. The fraction of sp³-hybridized carbons (Fsp3) is 0.0714. The highest BCUT2D eigenvalue weighted by Crippen LogP contribution is 2.23. The molecule has 2 rings (SSSR count). The van der Waals surface area contributed by atoms with Crippen molar-refractivity contribution in [2.45, 2.75) is 11.8 Å². The summed E-state index contributed by atoms with van der Waals surface area (Å²) >= 11 is 0. The molecule has 0 fully saturated rings. The molecule has 2 aromatic carbocycles. The van der Waals surface area contributed by atoms with Gasteiger partial charge in [-0.3, -0.25) is 4.72 Å². The molecule has 2 aromatic rings. The fourth-order valence-electron chi connectivity index (χ4n) is 1.66. The lowest BCUT2D eigenvalue weighted by Gasteiger charge is -2.09. The third kappa shape index (κ3) is 3.32. The molecule has 0 unspecified atom stereocenters. The van der Waals surface area contributed by atoms with Crippen LogP contribution in [0.5, 0.6) is 5.75 Å². The Balaban J connectivity index is 2.29. The molecule has 3 N–H and O–H groups in total. The van der Waals surface area contributed by atoms with E-state index >= 15 is 0 Å². The van der Waals surface area contributed by atoms with Crippen LogP contribution in [0.1, 0.15) is 15.9 Å². The van der Waals surface area contributed by atoms with Crippen molar-refractivity contribution in [3.8, 4) is 5.75 Å². The van der Waals surface area contributed by atoms with Gasteiger partial charge in [-0.2, -0.15) is 0 Å². The number of aromatic carboxylic acids is 1. The van der Waals surface area contributed by atoms with E-state index in [-0.39, 0.29) is 21.9 Å². The van der Waals surface area contributed by atoms with Crippen molar-refractivity contribution in [3.05, 3.63) is 53.6 Å². The van der Waals surface area contributed by atoms with Crippen molar-refractivity contribution < 1.29 is 23.4 Å². The number of carbonyl (C=O) groups is 1. The highest BCUT2D eigenvalue weighted by molar-refractivity contribution is 7.92. The van der Waals surface area contributed by atoms with Gasteiger partial charge in [-0.1, -0.05) is 6.07 Å². The SMILES string of the molecule is Cc1ccc(NS(=O)(=O)c2ccc(C(=O)O)cc2)cc1O. The molecule has 0 aliphatic carbocycles. The number of phenols is 1. The first-order valence-corrected chi connectivity index (χ1v) is 7.44. The van der Waals surface area contributed by atoms with E-state index in [0.29, 0.717) is 5.56 Å². The summed E-state index contributed by atoms with van der Waals surface area (Å²) in [6.07, 6.45) is 0. The number of rotatable bonds is 4. The predicted molar refractivity (Wildman–Crippen MR) is 77.1 cm³/mol. The first kappa shape index (κ1) is 14.9. The van der Waals surface area contributed by atoms with E-state index in [0.717, 1.165) is 0 Å². The van der Waals surface area contributed by atoms with E-state index in [1.54, 1.807) is 13.0 Å². The minimum absolute atomic E-state index is 0.00179. The van der Waals surface area contributed by atoms with Gasteiger partial charge in [-0.25, -0.2) is 13.2 Å². The first-order chi connectivity index (χ1) is 9.79. The van der Waals surface area contributed by atoms with E-state index < -0.39 is 16.0 Å². The van der Waals surface area contributed by atoms with E-state index in [1.807, 2.05) is 0 Å². The molecular formula is C14H13NO5S. The van der Waals surface area contributed by atoms with E-state index in [9.17, 15) is 18.3 Å². The summed E-state index contributed by atoms with van der Waals surface area (Å²) in [6.45, 7) is 1.69. The molecule has 0 saturated heterocycles. The van der Waals surface area contributed by atoms with Crippen molar-refractivity contribution >= 4 is 21.7 Å². The van der Waals surface area contributed by atoms with Crippen LogP contribution >= 0.6 is 0 Å². The lowest BCUT2D eigenvalue weighted by atomic mass is 10.2. The van der Waals surface area contributed by atoms with Crippen LogP contribution in [0, 0.1) is 6.92 Å². The van der Waals surface area contributed by atoms with Gasteiger partial charge >= 0.3 is 5.97 Å². The molecule has 6 nitrogen and oxygen atoms in total. The number of benzene rings is 2. The minimum atomic E-state index is -3.84. The van der Waals surface area contributed by atoms with Crippen LogP contribution < -0.4 is 4.72 Å². The molecule has 7 heteroatoms. The first-order valence-electron chi connectivity index (χ1n) is 5.95. The molecule has 0 radical (unpaired) electrons. The maximum Gasteiger partial charge on any atom is 0.335 e. The topological polar surface area (TPSA) is 104 Å². The van der Waals surface area contributed by atoms with Gasteiger partial charge in [0.05, 0.1) is 16.1 Å². The Hall–Kier alpha value is -2.54. The van der Waals surface area contributed by atoms with Gasteiger partial charge in [-0.05, 0) is 42.8 Å². The molecule has 0 amide bonds. The van der Waals surface area contributed by atoms with Gasteiger partial charge < -0.3 is 10.2 Å². The van der Waals surface area contributed by atoms with Gasteiger partial charge in [0.1, 0.15) is 5.75 Å². The normalized spacial score (nSPS) is 11.1. The highest BCUT2D eigenvalue weighted by Gasteiger charge is 2.15. The summed E-state index contributed by atoms with van der Waals surface area (Å²) in [5, 5.41) is 18.3. The second-order valence-electron chi connectivity index (χ2n) is 4.44. The van der Waals surface area contributed by atoms with Crippen LogP contribution in [-0.4, -0.2) is 24.6 Å². The number of aromatic hydroxyl groups is 1. The summed E-state index contributed by atoms with van der Waals surface area (Å²) in [5.74, 6) is -1.15. The van der Waals surface area contributed by atoms with Crippen molar-refractivity contribution in [1.82, 2.24) is 0 Å². The van der Waals surface area contributed by atoms with Crippen LogP contribution in [0.25, 0.3) is 0 Å². The minimum Gasteiger partial charge on any atom is -0.508 e. The molecule has 21 heavy (non-hydrogen) atoms. The Morgan fingerprint density at radius 2 is 1.71 bits per heavy atom. The summed E-state index contributed by atoms with van der Waals surface area (Å²) < 4.78 is 26.6. The van der Waals surface area contributed by atoms with Crippen molar-refractivity contribution in [2.24, 2.45) is 0 Å². The second-order valence-corrected chi connectivity index (χ2v) is 6.12. The molecule has 0 bridgehead atoms. The monoisotopic (exact) mass is 307 g/mol. The van der Waals surface area contributed by atoms with E-state index in [1.165, 1.54) is 36.4 Å². The predicted octanol–water partition coefficient (Wildman–Crippen LogP) is 2.20. The Morgan fingerprint density at radius 3 is 2.24 bits per heavy atom. The molecule has 0 spiro atoms. The number of nitrogens with one attached hydrogen (secondary N) is 1. The lowest BCUT2D eigenvalue weighted by Crippen LogP contribution is -2.13. The zero-order valence-electron chi connectivity index (χ0n) is 11.1. The number of hydrogen-bond donors (Lipinski definition) is 3. The number of aryl methyl sites for hydroxylation is 1. The number of carboxylic acids is 1. The van der Waals surface area contributed by atoms with Crippen LogP contribution in [-0.2, 0) is 10.0 Å². The van der Waals surface area contributed by atoms with E-state index in [4.69, 9.17) is 5.11 Å². The second kappa shape index (κ2) is 5.45. The van der Waals surface area contributed by atoms with Gasteiger partial charge in [0, 0.05) is 6.07 Å². The fourth-order valence-corrected chi connectivity index (χ4v) is 2.71. The van der Waals surface area contributed by atoms with Gasteiger partial charge in [0.25, 0.3) is 10.0 Å². The third-order valence-corrected chi connectivity index (χ3v) is 4.27. The zero-order chi connectivity index (χ0) is 15.6.